The number of rotatable bonds is 7. The van der Waals surface area contributed by atoms with Gasteiger partial charge in [-0.05, 0) is 67.8 Å². The Kier molecular flexibility index (Phi) is 6.51. The van der Waals surface area contributed by atoms with Crippen LogP contribution < -0.4 is 11.1 Å². The largest absolute Gasteiger partial charge is 0.383 e. The Hall–Kier alpha value is -4.31. The summed E-state index contributed by atoms with van der Waals surface area (Å²) in [6.07, 6.45) is 4.64. The van der Waals surface area contributed by atoms with Crippen molar-refractivity contribution in [1.82, 2.24) is 15.3 Å². The van der Waals surface area contributed by atoms with Gasteiger partial charge in [-0.1, -0.05) is 30.3 Å². The zero-order valence-electron chi connectivity index (χ0n) is 19.2. The maximum absolute atomic E-state index is 12.5. The predicted molar refractivity (Wildman–Crippen MR) is 134 cm³/mol. The number of carbonyl (C=O) groups excluding carboxylic acids is 1. The fourth-order valence-electron chi connectivity index (χ4n) is 4.02. The van der Waals surface area contributed by atoms with Gasteiger partial charge in [0.25, 0.3) is 0 Å². The molecule has 7 heteroatoms. The van der Waals surface area contributed by atoms with E-state index in [0.717, 1.165) is 39.9 Å². The van der Waals surface area contributed by atoms with Crippen LogP contribution in [0.2, 0.25) is 0 Å². The highest BCUT2D eigenvalue weighted by Crippen LogP contribution is 2.41. The average molecular weight is 451 g/mol. The normalized spacial score (nSPS) is 17.0. The number of nitrogen functional groups attached to an aromatic ring is 1. The number of hydrogen-bond acceptors (Lipinski definition) is 6. The van der Waals surface area contributed by atoms with E-state index in [4.69, 9.17) is 11.0 Å². The molecule has 1 amide bonds. The molecule has 1 aromatic carbocycles. The molecule has 1 aliphatic carbocycles. The molecule has 0 saturated heterocycles. The minimum atomic E-state index is -0.157. The van der Waals surface area contributed by atoms with Crippen LogP contribution in [0.4, 0.5) is 5.82 Å². The van der Waals surface area contributed by atoms with E-state index in [-0.39, 0.29) is 17.7 Å². The van der Waals surface area contributed by atoms with Gasteiger partial charge in [-0.25, -0.2) is 9.98 Å². The molecular weight excluding hydrogens is 424 g/mol. The van der Waals surface area contributed by atoms with Gasteiger partial charge < -0.3 is 11.1 Å². The molecule has 3 N–H and O–H groups in total. The van der Waals surface area contributed by atoms with Gasteiger partial charge in [0.1, 0.15) is 11.6 Å². The lowest BCUT2D eigenvalue weighted by molar-refractivity contribution is -0.121. The topological polar surface area (TPSA) is 117 Å². The van der Waals surface area contributed by atoms with Crippen LogP contribution in [-0.4, -0.2) is 22.6 Å². The summed E-state index contributed by atoms with van der Waals surface area (Å²) in [5.74, 6) is 0.533. The van der Waals surface area contributed by atoms with Crippen molar-refractivity contribution in [3.8, 4) is 28.6 Å². The van der Waals surface area contributed by atoms with Crippen LogP contribution in [0.15, 0.2) is 59.5 Å². The smallest absolute Gasteiger partial charge is 0.228 e. The summed E-state index contributed by atoms with van der Waals surface area (Å²) < 4.78 is 0. The van der Waals surface area contributed by atoms with E-state index in [9.17, 15) is 4.79 Å². The zero-order chi connectivity index (χ0) is 24.2. The molecule has 2 atom stereocenters. The molecule has 0 bridgehead atoms. The molecule has 170 valence electrons. The first-order valence-electron chi connectivity index (χ1n) is 11.1. The highest BCUT2D eigenvalue weighted by Gasteiger charge is 2.42. The van der Waals surface area contributed by atoms with Crippen molar-refractivity contribution in [2.45, 2.75) is 26.7 Å². The van der Waals surface area contributed by atoms with Crippen molar-refractivity contribution in [2.75, 3.05) is 5.73 Å². The lowest BCUT2D eigenvalue weighted by Gasteiger charge is -2.15. The van der Waals surface area contributed by atoms with Gasteiger partial charge in [-0.3, -0.25) is 9.78 Å². The third-order valence-electron chi connectivity index (χ3n) is 6.14. The number of carbonyl (C=O) groups is 1. The number of benzene rings is 1. The van der Waals surface area contributed by atoms with Gasteiger partial charge in [0, 0.05) is 29.7 Å². The van der Waals surface area contributed by atoms with Crippen molar-refractivity contribution < 1.29 is 4.79 Å². The highest BCUT2D eigenvalue weighted by molar-refractivity contribution is 5.85. The minimum Gasteiger partial charge on any atom is -0.383 e. The van der Waals surface area contributed by atoms with E-state index < -0.39 is 0 Å². The van der Waals surface area contributed by atoms with Gasteiger partial charge >= 0.3 is 0 Å². The maximum Gasteiger partial charge on any atom is 0.228 e. The highest BCUT2D eigenvalue weighted by atomic mass is 16.2. The molecule has 2 aromatic heterocycles. The fraction of sp³-hybridized carbons (Fsp3) is 0.222. The minimum absolute atomic E-state index is 0.117. The molecule has 1 fully saturated rings. The third kappa shape index (κ3) is 4.71. The molecule has 1 saturated carbocycles. The van der Waals surface area contributed by atoms with Crippen LogP contribution in [0.5, 0.6) is 0 Å². The lowest BCUT2D eigenvalue weighted by atomic mass is 9.97. The van der Waals surface area contributed by atoms with Crippen molar-refractivity contribution in [1.29, 1.82) is 5.26 Å². The molecule has 0 aliphatic heterocycles. The second-order valence-electron chi connectivity index (χ2n) is 8.47. The molecule has 7 nitrogen and oxygen atoms in total. The van der Waals surface area contributed by atoms with Crippen LogP contribution in [0, 0.1) is 37.0 Å². The number of nitrogens with one attached hydrogen (secondary N) is 1. The summed E-state index contributed by atoms with van der Waals surface area (Å²) in [4.78, 5) is 25.8. The van der Waals surface area contributed by atoms with E-state index in [1.54, 1.807) is 12.3 Å². The molecule has 34 heavy (non-hydrogen) atoms. The quantitative estimate of drug-likeness (QED) is 0.507. The second-order valence-corrected chi connectivity index (χ2v) is 8.47. The Balaban J connectivity index is 1.72. The number of nitrogens with two attached hydrogens (primary N) is 1. The van der Waals surface area contributed by atoms with Crippen molar-refractivity contribution in [3.63, 3.8) is 0 Å². The number of nitrogens with zero attached hydrogens (tertiary/aromatic N) is 4. The summed E-state index contributed by atoms with van der Waals surface area (Å²) in [6.45, 7) is 7.49. The monoisotopic (exact) mass is 450 g/mol. The second kappa shape index (κ2) is 9.67. The van der Waals surface area contributed by atoms with E-state index in [1.807, 2.05) is 56.3 Å². The molecule has 0 radical (unpaired) electrons. The molecule has 1 aliphatic rings. The van der Waals surface area contributed by atoms with Gasteiger partial charge in [-0.2, -0.15) is 5.26 Å². The maximum atomic E-state index is 12.5. The van der Waals surface area contributed by atoms with Gasteiger partial charge in [-0.15, -0.1) is 0 Å². The molecular formula is C27H26N6O. The number of amides is 1. The summed E-state index contributed by atoms with van der Waals surface area (Å²) in [6, 6.07) is 15.9. The Morgan fingerprint density at radius 3 is 2.79 bits per heavy atom. The first kappa shape index (κ1) is 22.9. The number of hydrogen-bond donors (Lipinski definition) is 2. The first-order chi connectivity index (χ1) is 16.4. The molecule has 2 heterocycles. The number of aryl methyl sites for hydroxylation is 1. The van der Waals surface area contributed by atoms with E-state index in [1.165, 1.54) is 0 Å². The number of pyridine rings is 2. The van der Waals surface area contributed by atoms with Crippen LogP contribution in [0.1, 0.15) is 29.5 Å². The van der Waals surface area contributed by atoms with Crippen LogP contribution in [-0.2, 0) is 4.79 Å². The summed E-state index contributed by atoms with van der Waals surface area (Å²) in [7, 11) is 0. The Morgan fingerprint density at radius 2 is 2.09 bits per heavy atom. The SMILES string of the molecule is C=N/C(=C\c1cc(-c2c(C)ccnc2-c2ccccc2)nc(N)c1C)NC(=O)[C@H]1C[C@@H]1CC#N. The molecule has 3 aromatic rings. The zero-order valence-corrected chi connectivity index (χ0v) is 19.2. The predicted octanol–water partition coefficient (Wildman–Crippen LogP) is 4.67. The standard InChI is InChI=1S/C27H26N6O/c1-16-10-12-31-25(18-7-5-4-6-8-18)24(16)22-14-20(17(2)26(29)32-22)15-23(30-3)33-27(34)21-13-19(21)9-11-28/h4-8,10,12,14-15,19,21H,3,9,13H2,1-2H3,(H2,29,32)(H,33,34)/b23-15+/t19-,21-/m0/s1. The van der Waals surface area contributed by atoms with E-state index >= 15 is 0 Å². The number of nitriles is 1. The summed E-state index contributed by atoms with van der Waals surface area (Å²) in [5.41, 5.74) is 12.2. The van der Waals surface area contributed by atoms with Crippen molar-refractivity contribution >= 4 is 24.5 Å². The van der Waals surface area contributed by atoms with E-state index in [0.29, 0.717) is 23.8 Å². The van der Waals surface area contributed by atoms with Gasteiger partial charge in [0.05, 0.1) is 17.5 Å². The molecule has 4 rings (SSSR count). The number of aliphatic imine (C=N–C) groups is 1. The Labute approximate surface area is 199 Å². The fourth-order valence-corrected chi connectivity index (χ4v) is 4.02. The van der Waals surface area contributed by atoms with Gasteiger partial charge in [0.15, 0.2) is 0 Å². The summed E-state index contributed by atoms with van der Waals surface area (Å²) >= 11 is 0. The Bertz CT molecular complexity index is 1320. The van der Waals surface area contributed by atoms with Crippen molar-refractivity contribution in [2.24, 2.45) is 16.8 Å². The number of anilines is 1. The van der Waals surface area contributed by atoms with Crippen molar-refractivity contribution in [3.05, 3.63) is 71.2 Å². The number of aromatic nitrogens is 2. The van der Waals surface area contributed by atoms with E-state index in [2.05, 4.69) is 33.1 Å². The van der Waals surface area contributed by atoms with Crippen LogP contribution >= 0.6 is 0 Å². The molecule has 0 spiro atoms. The van der Waals surface area contributed by atoms with Crippen LogP contribution in [0.25, 0.3) is 28.6 Å². The van der Waals surface area contributed by atoms with Gasteiger partial charge in [0.2, 0.25) is 5.91 Å². The average Bonchev–Trinajstić information content (AvgIpc) is 3.61. The Morgan fingerprint density at radius 1 is 1.32 bits per heavy atom. The summed E-state index contributed by atoms with van der Waals surface area (Å²) in [5, 5.41) is 11.7. The molecule has 0 unspecified atom stereocenters. The first-order valence-corrected chi connectivity index (χ1v) is 11.1. The third-order valence-corrected chi connectivity index (χ3v) is 6.14. The lowest BCUT2D eigenvalue weighted by Crippen LogP contribution is -2.24. The van der Waals surface area contributed by atoms with Crippen LogP contribution in [0.3, 0.4) is 0 Å².